The first-order valence-electron chi connectivity index (χ1n) is 9.73. The Hall–Kier alpha value is -2.68. The molecule has 0 aliphatic heterocycles. The van der Waals surface area contributed by atoms with E-state index < -0.39 is 0 Å². The van der Waals surface area contributed by atoms with Gasteiger partial charge in [0.25, 0.3) is 5.56 Å². The molecule has 0 saturated heterocycles. The summed E-state index contributed by atoms with van der Waals surface area (Å²) >= 11 is 4.32. The van der Waals surface area contributed by atoms with Crippen molar-refractivity contribution in [3.63, 3.8) is 0 Å². The topological polar surface area (TPSA) is 64.0 Å². The summed E-state index contributed by atoms with van der Waals surface area (Å²) in [6.45, 7) is 6.07. The number of nitrogens with zero attached hydrogens (tertiary/aromatic N) is 2. The summed E-state index contributed by atoms with van der Waals surface area (Å²) in [6, 6.07) is 15.8. The van der Waals surface area contributed by atoms with Gasteiger partial charge in [0.1, 0.15) is 4.70 Å². The molecule has 3 aromatic heterocycles. The Balaban J connectivity index is 1.58. The molecule has 158 valence electrons. The predicted octanol–water partition coefficient (Wildman–Crippen LogP) is 5.34. The first kappa shape index (κ1) is 21.5. The van der Waals surface area contributed by atoms with E-state index in [2.05, 4.69) is 11.9 Å². The standard InChI is InChI=1S/C23H21N3O2S3/c1-3-11-26-22(28)21-17(13-19(31-21)16-8-5-4-6-9-16)25-23(26)30-14-20(27)24-15(2)18-10-7-12-29-18/h3-10,12-13,15H,1,11,14H2,2H3,(H,24,27). The highest BCUT2D eigenvalue weighted by Crippen LogP contribution is 2.32. The first-order valence-corrected chi connectivity index (χ1v) is 12.4. The van der Waals surface area contributed by atoms with E-state index in [0.717, 1.165) is 15.3 Å². The van der Waals surface area contributed by atoms with Gasteiger partial charge in [0.05, 0.1) is 17.3 Å². The number of thiophene rings is 2. The van der Waals surface area contributed by atoms with Crippen LogP contribution in [0.4, 0.5) is 0 Å². The molecule has 31 heavy (non-hydrogen) atoms. The van der Waals surface area contributed by atoms with Crippen molar-refractivity contribution in [1.82, 2.24) is 14.9 Å². The van der Waals surface area contributed by atoms with Gasteiger partial charge in [-0.25, -0.2) is 4.98 Å². The minimum Gasteiger partial charge on any atom is -0.348 e. The molecule has 0 radical (unpaired) electrons. The van der Waals surface area contributed by atoms with Crippen LogP contribution in [-0.4, -0.2) is 21.2 Å². The van der Waals surface area contributed by atoms with Crippen LogP contribution in [0.2, 0.25) is 0 Å². The smallest absolute Gasteiger partial charge is 0.272 e. The Bertz CT molecular complexity index is 1260. The van der Waals surface area contributed by atoms with Gasteiger partial charge in [-0.2, -0.15) is 0 Å². The number of carbonyl (C=O) groups excluding carboxylic acids is 1. The third-order valence-electron chi connectivity index (χ3n) is 4.65. The Kier molecular flexibility index (Phi) is 6.70. The zero-order chi connectivity index (χ0) is 21.8. The van der Waals surface area contributed by atoms with Gasteiger partial charge >= 0.3 is 0 Å². The van der Waals surface area contributed by atoms with Crippen molar-refractivity contribution in [3.8, 4) is 10.4 Å². The molecule has 1 unspecified atom stereocenters. The number of carbonyl (C=O) groups is 1. The quantitative estimate of drug-likeness (QED) is 0.216. The first-order chi connectivity index (χ1) is 15.1. The van der Waals surface area contributed by atoms with E-state index in [1.165, 1.54) is 23.1 Å². The van der Waals surface area contributed by atoms with Crippen LogP contribution in [0.5, 0.6) is 0 Å². The van der Waals surface area contributed by atoms with Crippen LogP contribution < -0.4 is 10.9 Å². The van der Waals surface area contributed by atoms with E-state index in [-0.39, 0.29) is 23.3 Å². The van der Waals surface area contributed by atoms with Gasteiger partial charge in [-0.15, -0.1) is 29.3 Å². The lowest BCUT2D eigenvalue weighted by Crippen LogP contribution is -2.28. The van der Waals surface area contributed by atoms with E-state index in [1.54, 1.807) is 22.0 Å². The minimum atomic E-state index is -0.105. The maximum atomic E-state index is 13.1. The molecule has 0 fully saturated rings. The number of amides is 1. The van der Waals surface area contributed by atoms with Gasteiger partial charge < -0.3 is 5.32 Å². The molecule has 4 rings (SSSR count). The van der Waals surface area contributed by atoms with Crippen molar-refractivity contribution < 1.29 is 4.79 Å². The van der Waals surface area contributed by atoms with E-state index in [9.17, 15) is 9.59 Å². The SMILES string of the molecule is C=CCn1c(SCC(=O)NC(C)c2cccs2)nc2cc(-c3ccccc3)sc2c1=O. The highest BCUT2D eigenvalue weighted by atomic mass is 32.2. The molecule has 4 aromatic rings. The Labute approximate surface area is 192 Å². The number of benzene rings is 1. The van der Waals surface area contributed by atoms with Crippen molar-refractivity contribution in [2.45, 2.75) is 24.7 Å². The largest absolute Gasteiger partial charge is 0.348 e. The zero-order valence-corrected chi connectivity index (χ0v) is 19.4. The molecule has 1 N–H and O–H groups in total. The monoisotopic (exact) mass is 467 g/mol. The summed E-state index contributed by atoms with van der Waals surface area (Å²) in [5.41, 5.74) is 1.60. The van der Waals surface area contributed by atoms with Crippen molar-refractivity contribution in [3.05, 3.63) is 81.8 Å². The maximum Gasteiger partial charge on any atom is 0.272 e. The molecule has 1 aromatic carbocycles. The second-order valence-electron chi connectivity index (χ2n) is 6.88. The van der Waals surface area contributed by atoms with E-state index >= 15 is 0 Å². The van der Waals surface area contributed by atoms with Gasteiger partial charge in [-0.05, 0) is 30.0 Å². The lowest BCUT2D eigenvalue weighted by Gasteiger charge is -2.13. The number of thioether (sulfide) groups is 1. The van der Waals surface area contributed by atoms with Gasteiger partial charge in [-0.3, -0.25) is 14.2 Å². The molecule has 1 atom stereocenters. The second kappa shape index (κ2) is 9.64. The number of fused-ring (bicyclic) bond motifs is 1. The van der Waals surface area contributed by atoms with Gasteiger partial charge in [0, 0.05) is 16.3 Å². The number of nitrogens with one attached hydrogen (secondary N) is 1. The summed E-state index contributed by atoms with van der Waals surface area (Å²) in [7, 11) is 0. The minimum absolute atomic E-state index is 0.0517. The van der Waals surface area contributed by atoms with Crippen LogP contribution in [0, 0.1) is 0 Å². The van der Waals surface area contributed by atoms with Gasteiger partial charge in [0.15, 0.2) is 5.16 Å². The number of hydrogen-bond donors (Lipinski definition) is 1. The Morgan fingerprint density at radius 1 is 1.29 bits per heavy atom. The summed E-state index contributed by atoms with van der Waals surface area (Å²) < 4.78 is 2.20. The van der Waals surface area contributed by atoms with Crippen molar-refractivity contribution in [2.24, 2.45) is 0 Å². The van der Waals surface area contributed by atoms with Crippen LogP contribution in [0.3, 0.4) is 0 Å². The molecule has 0 spiro atoms. The number of hydrogen-bond acceptors (Lipinski definition) is 6. The fourth-order valence-corrected chi connectivity index (χ4v) is 5.76. The molecule has 0 saturated carbocycles. The summed E-state index contributed by atoms with van der Waals surface area (Å²) in [6.07, 6.45) is 1.67. The summed E-state index contributed by atoms with van der Waals surface area (Å²) in [5, 5.41) is 5.51. The van der Waals surface area contributed by atoms with E-state index in [1.807, 2.05) is 60.8 Å². The van der Waals surface area contributed by atoms with Crippen LogP contribution >= 0.6 is 34.4 Å². The van der Waals surface area contributed by atoms with Crippen molar-refractivity contribution in [1.29, 1.82) is 0 Å². The molecule has 0 bridgehead atoms. The number of aromatic nitrogens is 2. The fraction of sp³-hybridized carbons (Fsp3) is 0.174. The third kappa shape index (κ3) is 4.81. The lowest BCUT2D eigenvalue weighted by molar-refractivity contribution is -0.119. The van der Waals surface area contributed by atoms with E-state index in [0.29, 0.717) is 21.9 Å². The van der Waals surface area contributed by atoms with Gasteiger partial charge in [0.2, 0.25) is 5.91 Å². The van der Waals surface area contributed by atoms with Crippen LogP contribution in [0.15, 0.2) is 76.5 Å². The molecule has 8 heteroatoms. The van der Waals surface area contributed by atoms with Crippen LogP contribution in [0.1, 0.15) is 17.8 Å². The number of allylic oxidation sites excluding steroid dienone is 1. The maximum absolute atomic E-state index is 13.1. The predicted molar refractivity (Wildman–Crippen MR) is 131 cm³/mol. The lowest BCUT2D eigenvalue weighted by atomic mass is 10.2. The average Bonchev–Trinajstić information content (AvgIpc) is 3.45. The average molecular weight is 468 g/mol. The van der Waals surface area contributed by atoms with Crippen molar-refractivity contribution in [2.75, 3.05) is 5.75 Å². The molecular weight excluding hydrogens is 446 g/mol. The van der Waals surface area contributed by atoms with Gasteiger partial charge in [-0.1, -0.05) is 54.2 Å². The van der Waals surface area contributed by atoms with Crippen molar-refractivity contribution >= 4 is 50.6 Å². The summed E-state index contributed by atoms with van der Waals surface area (Å²) in [5.74, 6) is 0.0845. The zero-order valence-electron chi connectivity index (χ0n) is 16.9. The van der Waals surface area contributed by atoms with E-state index in [4.69, 9.17) is 4.98 Å². The molecule has 0 aliphatic carbocycles. The van der Waals surface area contributed by atoms with Crippen LogP contribution in [-0.2, 0) is 11.3 Å². The normalized spacial score (nSPS) is 12.0. The third-order valence-corrected chi connectivity index (χ3v) is 7.84. The Morgan fingerprint density at radius 2 is 2.10 bits per heavy atom. The molecular formula is C23H21N3O2S3. The number of rotatable bonds is 8. The fourth-order valence-electron chi connectivity index (χ4n) is 3.16. The molecule has 3 heterocycles. The second-order valence-corrected chi connectivity index (χ2v) is 9.86. The highest BCUT2D eigenvalue weighted by Gasteiger charge is 2.17. The molecule has 1 amide bonds. The molecule has 5 nitrogen and oxygen atoms in total. The molecule has 0 aliphatic rings. The Morgan fingerprint density at radius 3 is 2.81 bits per heavy atom. The van der Waals surface area contributed by atoms with Crippen LogP contribution in [0.25, 0.3) is 20.7 Å². The summed E-state index contributed by atoms with van der Waals surface area (Å²) in [4.78, 5) is 32.4. The highest BCUT2D eigenvalue weighted by molar-refractivity contribution is 7.99.